The van der Waals surface area contributed by atoms with Crippen LogP contribution in [0.3, 0.4) is 0 Å². The zero-order valence-electron chi connectivity index (χ0n) is 14.3. The van der Waals surface area contributed by atoms with E-state index in [0.29, 0.717) is 11.7 Å². The van der Waals surface area contributed by atoms with Gasteiger partial charge in [0.2, 0.25) is 0 Å². The number of aromatic nitrogens is 1. The smallest absolute Gasteiger partial charge is 0.124 e. The third-order valence-electron chi connectivity index (χ3n) is 5.00. The van der Waals surface area contributed by atoms with Crippen molar-refractivity contribution in [3.63, 3.8) is 0 Å². The molecular weight excluding hydrogens is 310 g/mol. The van der Waals surface area contributed by atoms with Crippen LogP contribution in [0.2, 0.25) is 0 Å². The maximum atomic E-state index is 5.78. The molecule has 4 rings (SSSR count). The monoisotopic (exact) mass is 333 g/mol. The van der Waals surface area contributed by atoms with E-state index in [2.05, 4.69) is 40.2 Å². The van der Waals surface area contributed by atoms with E-state index in [9.17, 15) is 0 Å². The zero-order chi connectivity index (χ0) is 17.1. The van der Waals surface area contributed by atoms with Gasteiger partial charge in [0.25, 0.3) is 0 Å². The lowest BCUT2D eigenvalue weighted by Gasteiger charge is -2.31. The zero-order valence-corrected chi connectivity index (χ0v) is 14.3. The molecule has 0 atom stereocenters. The van der Waals surface area contributed by atoms with Crippen molar-refractivity contribution in [3.8, 4) is 11.3 Å². The molecule has 1 aliphatic rings. The molecule has 0 bridgehead atoms. The topological polar surface area (TPSA) is 55.3 Å². The summed E-state index contributed by atoms with van der Waals surface area (Å²) in [6, 6.07) is 18.6. The molecule has 3 heterocycles. The van der Waals surface area contributed by atoms with Crippen molar-refractivity contribution in [2.75, 3.05) is 18.8 Å². The molecule has 0 amide bonds. The van der Waals surface area contributed by atoms with Gasteiger partial charge in [-0.2, -0.15) is 0 Å². The summed E-state index contributed by atoms with van der Waals surface area (Å²) >= 11 is 0. The van der Waals surface area contributed by atoms with E-state index in [1.165, 1.54) is 18.4 Å². The highest BCUT2D eigenvalue weighted by molar-refractivity contribution is 5.61. The number of likely N-dealkylation sites (tertiary alicyclic amines) is 1. The molecule has 4 nitrogen and oxygen atoms in total. The van der Waals surface area contributed by atoms with Gasteiger partial charge in [0, 0.05) is 5.56 Å². The number of nitrogen functional groups attached to an aromatic ring is 1. The third kappa shape index (κ3) is 3.74. The Morgan fingerprint density at radius 1 is 1.00 bits per heavy atom. The highest BCUT2D eigenvalue weighted by Crippen LogP contribution is 2.30. The van der Waals surface area contributed by atoms with Gasteiger partial charge in [-0.3, -0.25) is 4.90 Å². The second-order valence-electron chi connectivity index (χ2n) is 6.70. The summed E-state index contributed by atoms with van der Waals surface area (Å²) in [6.45, 7) is 3.15. The van der Waals surface area contributed by atoms with Gasteiger partial charge in [0.05, 0.1) is 18.5 Å². The fraction of sp³-hybridized carbons (Fsp3) is 0.286. The number of nitrogens with two attached hydrogens (primary N) is 1. The standard InChI is InChI=1S/C21H23N3O/c22-21-5-1-4-20(23-21)18-8-6-16(7-9-18)17-10-12-24(13-11-17)15-19-3-2-14-25-19/h1-9,14,17H,10-13,15H2,(H2,22,23). The van der Waals surface area contributed by atoms with E-state index in [1.54, 1.807) is 6.26 Å². The summed E-state index contributed by atoms with van der Waals surface area (Å²) in [4.78, 5) is 6.87. The Morgan fingerprint density at radius 3 is 2.48 bits per heavy atom. The predicted molar refractivity (Wildman–Crippen MR) is 100 cm³/mol. The van der Waals surface area contributed by atoms with Gasteiger partial charge in [0.15, 0.2) is 0 Å². The Hall–Kier alpha value is -2.59. The first-order chi connectivity index (χ1) is 12.3. The number of anilines is 1. The molecule has 128 valence electrons. The van der Waals surface area contributed by atoms with Gasteiger partial charge in [-0.05, 0) is 61.7 Å². The molecule has 3 aromatic rings. The van der Waals surface area contributed by atoms with Gasteiger partial charge in [-0.1, -0.05) is 30.3 Å². The SMILES string of the molecule is Nc1cccc(-c2ccc(C3CCN(Cc4ccco4)CC3)cc2)n1. The second-order valence-corrected chi connectivity index (χ2v) is 6.70. The molecular formula is C21H23N3O. The Labute approximate surface area is 148 Å². The summed E-state index contributed by atoms with van der Waals surface area (Å²) < 4.78 is 5.45. The number of benzene rings is 1. The average molecular weight is 333 g/mol. The van der Waals surface area contributed by atoms with Crippen molar-refractivity contribution in [2.24, 2.45) is 0 Å². The highest BCUT2D eigenvalue weighted by Gasteiger charge is 2.21. The maximum Gasteiger partial charge on any atom is 0.124 e. The molecule has 0 spiro atoms. The molecule has 4 heteroatoms. The van der Waals surface area contributed by atoms with Crippen LogP contribution < -0.4 is 5.73 Å². The van der Waals surface area contributed by atoms with Gasteiger partial charge >= 0.3 is 0 Å². The first-order valence-corrected chi connectivity index (χ1v) is 8.85. The van der Waals surface area contributed by atoms with E-state index in [4.69, 9.17) is 10.2 Å². The van der Waals surface area contributed by atoms with E-state index >= 15 is 0 Å². The normalized spacial score (nSPS) is 16.2. The van der Waals surface area contributed by atoms with Crippen molar-refractivity contribution in [1.29, 1.82) is 0 Å². The number of rotatable bonds is 4. The highest BCUT2D eigenvalue weighted by atomic mass is 16.3. The van der Waals surface area contributed by atoms with E-state index in [0.717, 1.165) is 36.7 Å². The van der Waals surface area contributed by atoms with Crippen molar-refractivity contribution in [3.05, 3.63) is 72.2 Å². The van der Waals surface area contributed by atoms with Crippen molar-refractivity contribution in [1.82, 2.24) is 9.88 Å². The molecule has 1 saturated heterocycles. The summed E-state index contributed by atoms with van der Waals surface area (Å²) in [5.41, 5.74) is 9.25. The van der Waals surface area contributed by atoms with Crippen LogP contribution in [0.15, 0.2) is 65.3 Å². The van der Waals surface area contributed by atoms with Crippen molar-refractivity contribution < 1.29 is 4.42 Å². The molecule has 0 unspecified atom stereocenters. The predicted octanol–water partition coefficient (Wildman–Crippen LogP) is 4.30. The van der Waals surface area contributed by atoms with Gasteiger partial charge in [-0.25, -0.2) is 4.98 Å². The third-order valence-corrected chi connectivity index (χ3v) is 5.00. The Kier molecular flexibility index (Phi) is 4.53. The molecule has 25 heavy (non-hydrogen) atoms. The minimum absolute atomic E-state index is 0.561. The lowest BCUT2D eigenvalue weighted by Crippen LogP contribution is -2.32. The number of piperidine rings is 1. The number of hydrogen-bond donors (Lipinski definition) is 1. The first-order valence-electron chi connectivity index (χ1n) is 8.85. The Morgan fingerprint density at radius 2 is 1.80 bits per heavy atom. The largest absolute Gasteiger partial charge is 0.468 e. The summed E-state index contributed by atoms with van der Waals surface area (Å²) in [5.74, 6) is 2.25. The molecule has 1 aromatic carbocycles. The second kappa shape index (κ2) is 7.11. The molecule has 2 aromatic heterocycles. The van der Waals surface area contributed by atoms with Gasteiger partial charge in [0.1, 0.15) is 11.6 Å². The van der Waals surface area contributed by atoms with Gasteiger partial charge in [-0.15, -0.1) is 0 Å². The fourth-order valence-corrected chi connectivity index (χ4v) is 3.59. The fourth-order valence-electron chi connectivity index (χ4n) is 3.59. The summed E-state index contributed by atoms with van der Waals surface area (Å²) in [5, 5.41) is 0. The van der Waals surface area contributed by atoms with Crippen LogP contribution in [0, 0.1) is 0 Å². The van der Waals surface area contributed by atoms with Crippen LogP contribution in [0.25, 0.3) is 11.3 Å². The number of nitrogens with zero attached hydrogens (tertiary/aromatic N) is 2. The summed E-state index contributed by atoms with van der Waals surface area (Å²) in [7, 11) is 0. The Balaban J connectivity index is 1.38. The van der Waals surface area contributed by atoms with E-state index < -0.39 is 0 Å². The number of pyridine rings is 1. The van der Waals surface area contributed by atoms with Crippen LogP contribution in [0.5, 0.6) is 0 Å². The molecule has 2 N–H and O–H groups in total. The lowest BCUT2D eigenvalue weighted by molar-refractivity contribution is 0.191. The quantitative estimate of drug-likeness (QED) is 0.773. The summed E-state index contributed by atoms with van der Waals surface area (Å²) in [6.07, 6.45) is 4.13. The molecule has 1 aliphatic heterocycles. The molecule has 0 saturated carbocycles. The Bertz CT molecular complexity index is 803. The van der Waals surface area contributed by atoms with Crippen LogP contribution in [-0.2, 0) is 6.54 Å². The van der Waals surface area contributed by atoms with Crippen molar-refractivity contribution in [2.45, 2.75) is 25.3 Å². The molecule has 0 radical (unpaired) electrons. The van der Waals surface area contributed by atoms with Crippen molar-refractivity contribution >= 4 is 5.82 Å². The van der Waals surface area contributed by atoms with Crippen LogP contribution >= 0.6 is 0 Å². The van der Waals surface area contributed by atoms with E-state index in [1.807, 2.05) is 24.3 Å². The minimum atomic E-state index is 0.561. The average Bonchev–Trinajstić information content (AvgIpc) is 3.16. The van der Waals surface area contributed by atoms with Crippen LogP contribution in [0.4, 0.5) is 5.82 Å². The van der Waals surface area contributed by atoms with Gasteiger partial charge < -0.3 is 10.2 Å². The molecule has 0 aliphatic carbocycles. The maximum absolute atomic E-state index is 5.78. The van der Waals surface area contributed by atoms with E-state index in [-0.39, 0.29) is 0 Å². The van der Waals surface area contributed by atoms with Crippen LogP contribution in [-0.4, -0.2) is 23.0 Å². The van der Waals surface area contributed by atoms with Crippen LogP contribution in [0.1, 0.15) is 30.1 Å². The lowest BCUT2D eigenvalue weighted by atomic mass is 9.89. The number of furan rings is 1. The minimum Gasteiger partial charge on any atom is -0.468 e. The number of hydrogen-bond acceptors (Lipinski definition) is 4. The molecule has 1 fully saturated rings. The first kappa shape index (κ1) is 15.9.